The van der Waals surface area contributed by atoms with Crippen molar-refractivity contribution < 1.29 is 14.3 Å². The third kappa shape index (κ3) is 2.15. The molecule has 1 aliphatic heterocycles. The number of carboxylic acid groups (broad SMARTS) is 1. The molecule has 0 bridgehead atoms. The van der Waals surface area contributed by atoms with Crippen LogP contribution in [0.5, 0.6) is 0 Å². The van der Waals surface area contributed by atoms with Gasteiger partial charge in [0.25, 0.3) is 0 Å². The molecule has 1 unspecified atom stereocenters. The Hall–Kier alpha value is -2.08. The number of nitrogen functional groups attached to an aromatic ring is 1. The molecule has 4 nitrogen and oxygen atoms in total. The van der Waals surface area contributed by atoms with Gasteiger partial charge in [0.2, 0.25) is 0 Å². The van der Waals surface area contributed by atoms with E-state index in [1.807, 2.05) is 17.2 Å². The topological polar surface area (TPSA) is 66.6 Å². The summed E-state index contributed by atoms with van der Waals surface area (Å²) in [5.41, 5.74) is 6.85. The summed E-state index contributed by atoms with van der Waals surface area (Å²) < 4.78 is 13.6. The minimum absolute atomic E-state index is 0.0444. The Kier molecular flexibility index (Phi) is 3.33. The number of fused-ring (bicyclic) bond motifs is 1. The summed E-state index contributed by atoms with van der Waals surface area (Å²) in [6.07, 6.45) is 0.855. The van der Waals surface area contributed by atoms with Crippen molar-refractivity contribution in [1.29, 1.82) is 0 Å². The highest BCUT2D eigenvalue weighted by atomic mass is 32.1. The molecule has 0 aliphatic carbocycles. The van der Waals surface area contributed by atoms with Gasteiger partial charge in [-0.25, -0.2) is 9.18 Å². The van der Waals surface area contributed by atoms with E-state index < -0.39 is 11.8 Å². The Morgan fingerprint density at radius 1 is 1.48 bits per heavy atom. The molecule has 3 N–H and O–H groups in total. The number of hydrogen-bond donors (Lipinski definition) is 2. The third-order valence-corrected chi connectivity index (χ3v) is 4.97. The minimum atomic E-state index is -1.20. The Bertz CT molecular complexity index is 714. The lowest BCUT2D eigenvalue weighted by Crippen LogP contribution is -2.34. The molecule has 0 amide bonds. The van der Waals surface area contributed by atoms with Crippen molar-refractivity contribution in [3.05, 3.63) is 45.4 Å². The van der Waals surface area contributed by atoms with Crippen molar-refractivity contribution in [3.63, 3.8) is 0 Å². The van der Waals surface area contributed by atoms with E-state index in [1.54, 1.807) is 11.3 Å². The highest BCUT2D eigenvalue weighted by Crippen LogP contribution is 2.39. The fourth-order valence-electron chi connectivity index (χ4n) is 2.89. The normalized spacial score (nSPS) is 17.6. The molecule has 3 rings (SSSR count). The van der Waals surface area contributed by atoms with Gasteiger partial charge in [0.15, 0.2) is 0 Å². The third-order valence-electron chi connectivity index (χ3n) is 3.97. The lowest BCUT2D eigenvalue weighted by molar-refractivity contribution is 0.0698. The van der Waals surface area contributed by atoms with E-state index in [0.29, 0.717) is 12.2 Å². The summed E-state index contributed by atoms with van der Waals surface area (Å²) in [6.45, 7) is 2.72. The standard InChI is InChI=1S/C15H15FN2O2S/c1-8-9-5-7-21-12(9)4-6-18(8)11-3-2-10(16)14(17)13(11)15(19)20/h2-3,5,7-8H,4,6,17H2,1H3,(H,19,20). The van der Waals surface area contributed by atoms with Crippen molar-refractivity contribution in [3.8, 4) is 0 Å². The van der Waals surface area contributed by atoms with Crippen LogP contribution in [0, 0.1) is 5.82 Å². The number of hydrogen-bond acceptors (Lipinski definition) is 4. The van der Waals surface area contributed by atoms with Gasteiger partial charge in [-0.05, 0) is 42.5 Å². The molecule has 2 heterocycles. The van der Waals surface area contributed by atoms with Gasteiger partial charge in [-0.2, -0.15) is 0 Å². The lowest BCUT2D eigenvalue weighted by atomic mass is 9.98. The smallest absolute Gasteiger partial charge is 0.340 e. The van der Waals surface area contributed by atoms with E-state index >= 15 is 0 Å². The van der Waals surface area contributed by atoms with Crippen LogP contribution in [0.1, 0.15) is 33.8 Å². The molecule has 1 atom stereocenters. The summed E-state index contributed by atoms with van der Waals surface area (Å²) in [5, 5.41) is 11.4. The maximum atomic E-state index is 13.6. The molecule has 1 aromatic carbocycles. The Morgan fingerprint density at radius 2 is 2.24 bits per heavy atom. The van der Waals surface area contributed by atoms with Crippen LogP contribution in [0.25, 0.3) is 0 Å². The van der Waals surface area contributed by atoms with E-state index in [0.717, 1.165) is 6.42 Å². The second kappa shape index (κ2) is 5.04. The quantitative estimate of drug-likeness (QED) is 0.836. The van der Waals surface area contributed by atoms with Gasteiger partial charge in [-0.1, -0.05) is 0 Å². The fourth-order valence-corrected chi connectivity index (χ4v) is 3.85. The highest BCUT2D eigenvalue weighted by Gasteiger charge is 2.29. The van der Waals surface area contributed by atoms with E-state index in [4.69, 9.17) is 5.73 Å². The van der Waals surface area contributed by atoms with E-state index in [-0.39, 0.29) is 17.3 Å². The van der Waals surface area contributed by atoms with Gasteiger partial charge >= 0.3 is 5.97 Å². The molecule has 2 aromatic rings. The number of nitrogens with two attached hydrogens (primary N) is 1. The lowest BCUT2D eigenvalue weighted by Gasteiger charge is -2.36. The molecule has 0 saturated carbocycles. The number of carboxylic acids is 1. The first-order valence-corrected chi connectivity index (χ1v) is 7.53. The van der Waals surface area contributed by atoms with Crippen LogP contribution in [0.15, 0.2) is 23.6 Å². The van der Waals surface area contributed by atoms with Crippen LogP contribution < -0.4 is 10.6 Å². The molecular formula is C15H15FN2O2S. The monoisotopic (exact) mass is 306 g/mol. The van der Waals surface area contributed by atoms with Crippen molar-refractivity contribution in [1.82, 2.24) is 0 Å². The zero-order valence-corrected chi connectivity index (χ0v) is 12.3. The first-order chi connectivity index (χ1) is 10.0. The second-order valence-corrected chi connectivity index (χ2v) is 6.08. The number of benzene rings is 1. The molecule has 1 aromatic heterocycles. The number of nitrogens with zero attached hydrogens (tertiary/aromatic N) is 1. The van der Waals surface area contributed by atoms with Crippen LogP contribution >= 0.6 is 11.3 Å². The number of anilines is 2. The number of aromatic carboxylic acids is 1. The van der Waals surface area contributed by atoms with Crippen LogP contribution in [-0.2, 0) is 6.42 Å². The average molecular weight is 306 g/mol. The fraction of sp³-hybridized carbons (Fsp3) is 0.267. The van der Waals surface area contributed by atoms with Crippen LogP contribution in [0.3, 0.4) is 0 Å². The molecular weight excluding hydrogens is 291 g/mol. The largest absolute Gasteiger partial charge is 0.478 e. The molecule has 110 valence electrons. The van der Waals surface area contributed by atoms with Crippen molar-refractivity contribution in [2.24, 2.45) is 0 Å². The summed E-state index contributed by atoms with van der Waals surface area (Å²) >= 11 is 1.71. The first kappa shape index (κ1) is 13.9. The minimum Gasteiger partial charge on any atom is -0.478 e. The van der Waals surface area contributed by atoms with Gasteiger partial charge < -0.3 is 15.7 Å². The Labute approximate surface area is 125 Å². The van der Waals surface area contributed by atoms with Crippen LogP contribution in [0.4, 0.5) is 15.8 Å². The number of thiophene rings is 1. The average Bonchev–Trinajstić information content (AvgIpc) is 2.91. The molecule has 1 aliphatic rings. The van der Waals surface area contributed by atoms with Gasteiger partial charge in [-0.15, -0.1) is 11.3 Å². The van der Waals surface area contributed by atoms with Gasteiger partial charge in [-0.3, -0.25) is 0 Å². The van der Waals surface area contributed by atoms with Crippen molar-refractivity contribution in [2.75, 3.05) is 17.2 Å². The molecule has 21 heavy (non-hydrogen) atoms. The number of carbonyl (C=O) groups is 1. The van der Waals surface area contributed by atoms with Crippen molar-refractivity contribution in [2.45, 2.75) is 19.4 Å². The predicted octanol–water partition coefficient (Wildman–Crippen LogP) is 3.29. The van der Waals surface area contributed by atoms with Gasteiger partial charge in [0.05, 0.1) is 17.4 Å². The Balaban J connectivity index is 2.10. The SMILES string of the molecule is CC1c2ccsc2CCN1c1ccc(F)c(N)c1C(=O)O. The predicted molar refractivity (Wildman–Crippen MR) is 81.6 cm³/mol. The van der Waals surface area contributed by atoms with E-state index in [1.165, 1.54) is 22.6 Å². The zero-order chi connectivity index (χ0) is 15.1. The van der Waals surface area contributed by atoms with Gasteiger partial charge in [0, 0.05) is 11.4 Å². The molecule has 0 spiro atoms. The molecule has 0 saturated heterocycles. The van der Waals surface area contributed by atoms with E-state index in [9.17, 15) is 14.3 Å². The maximum absolute atomic E-state index is 13.6. The maximum Gasteiger partial charge on any atom is 0.340 e. The summed E-state index contributed by atoms with van der Waals surface area (Å²) in [6, 6.07) is 4.84. The highest BCUT2D eigenvalue weighted by molar-refractivity contribution is 7.10. The van der Waals surface area contributed by atoms with Gasteiger partial charge in [0.1, 0.15) is 11.4 Å². The number of rotatable bonds is 2. The van der Waals surface area contributed by atoms with Crippen molar-refractivity contribution >= 4 is 28.7 Å². The van der Waals surface area contributed by atoms with Crippen LogP contribution in [0.2, 0.25) is 0 Å². The van der Waals surface area contributed by atoms with Crippen LogP contribution in [-0.4, -0.2) is 17.6 Å². The second-order valence-electron chi connectivity index (χ2n) is 5.08. The zero-order valence-electron chi connectivity index (χ0n) is 11.5. The van der Waals surface area contributed by atoms with E-state index in [2.05, 4.69) is 6.07 Å². The summed E-state index contributed by atoms with van der Waals surface area (Å²) in [5.74, 6) is -1.90. The summed E-state index contributed by atoms with van der Waals surface area (Å²) in [4.78, 5) is 14.8. The molecule has 6 heteroatoms. The molecule has 0 radical (unpaired) electrons. The Morgan fingerprint density at radius 3 is 2.95 bits per heavy atom. The summed E-state index contributed by atoms with van der Waals surface area (Å²) in [7, 11) is 0. The molecule has 0 fully saturated rings. The number of halogens is 1. The first-order valence-electron chi connectivity index (χ1n) is 6.65.